The van der Waals surface area contributed by atoms with E-state index in [-0.39, 0.29) is 12.4 Å². The molecule has 0 unspecified atom stereocenters. The van der Waals surface area contributed by atoms with Crippen LogP contribution in [-0.4, -0.2) is 22.8 Å². The number of methoxy groups -OCH3 is 1. The molecule has 1 N–H and O–H groups in total. The lowest BCUT2D eigenvalue weighted by Gasteiger charge is -2.06. The molecule has 0 aliphatic heterocycles. The number of benzene rings is 2. The van der Waals surface area contributed by atoms with Gasteiger partial charge in [0.25, 0.3) is 5.91 Å². The number of rotatable bonds is 8. The van der Waals surface area contributed by atoms with E-state index in [1.807, 2.05) is 24.3 Å². The molecule has 4 aromatic rings. The van der Waals surface area contributed by atoms with Gasteiger partial charge < -0.3 is 19.2 Å². The first-order valence-corrected chi connectivity index (χ1v) is 10.4. The Kier molecular flexibility index (Phi) is 6.68. The van der Waals surface area contributed by atoms with Crippen LogP contribution in [0, 0.1) is 0 Å². The van der Waals surface area contributed by atoms with Crippen LogP contribution in [0.4, 0.5) is 5.82 Å². The largest absolute Gasteiger partial charge is 0.497 e. The minimum Gasteiger partial charge on any atom is -0.497 e. The van der Waals surface area contributed by atoms with Gasteiger partial charge in [-0.15, -0.1) is 0 Å². The molecular formula is C23H19Cl2N3O4. The van der Waals surface area contributed by atoms with E-state index in [9.17, 15) is 4.79 Å². The van der Waals surface area contributed by atoms with Crippen LogP contribution in [0.25, 0.3) is 0 Å². The third kappa shape index (κ3) is 5.43. The van der Waals surface area contributed by atoms with E-state index in [1.54, 1.807) is 54.4 Å². The maximum Gasteiger partial charge on any atom is 0.292 e. The number of halogens is 2. The molecular weight excluding hydrogens is 453 g/mol. The molecule has 7 nitrogen and oxygen atoms in total. The summed E-state index contributed by atoms with van der Waals surface area (Å²) < 4.78 is 18.1. The van der Waals surface area contributed by atoms with Crippen molar-refractivity contribution >= 4 is 34.9 Å². The van der Waals surface area contributed by atoms with E-state index in [4.69, 9.17) is 37.1 Å². The zero-order chi connectivity index (χ0) is 22.5. The second-order valence-electron chi connectivity index (χ2n) is 6.83. The molecule has 4 rings (SSSR count). The summed E-state index contributed by atoms with van der Waals surface area (Å²) in [6, 6.07) is 17.6. The topological polar surface area (TPSA) is 78.5 Å². The van der Waals surface area contributed by atoms with Crippen LogP contribution in [0.5, 0.6) is 11.5 Å². The molecule has 9 heteroatoms. The summed E-state index contributed by atoms with van der Waals surface area (Å²) in [5.41, 5.74) is 0.937. The van der Waals surface area contributed by atoms with Gasteiger partial charge in [0.2, 0.25) is 0 Å². The number of nitrogens with zero attached hydrogens (tertiary/aromatic N) is 2. The molecule has 0 aliphatic carbocycles. The zero-order valence-corrected chi connectivity index (χ0v) is 18.6. The fraction of sp³-hybridized carbons (Fsp3) is 0.130. The monoisotopic (exact) mass is 471 g/mol. The highest BCUT2D eigenvalue weighted by Gasteiger charge is 2.13. The number of carbonyl (C=O) groups is 1. The van der Waals surface area contributed by atoms with Crippen molar-refractivity contribution in [2.75, 3.05) is 12.4 Å². The van der Waals surface area contributed by atoms with Crippen molar-refractivity contribution in [2.45, 2.75) is 13.2 Å². The Morgan fingerprint density at radius 1 is 1.06 bits per heavy atom. The van der Waals surface area contributed by atoms with Gasteiger partial charge in [-0.05, 0) is 42.0 Å². The van der Waals surface area contributed by atoms with E-state index in [0.29, 0.717) is 39.7 Å². The van der Waals surface area contributed by atoms with Crippen LogP contribution >= 0.6 is 23.2 Å². The molecule has 0 aliphatic rings. The van der Waals surface area contributed by atoms with E-state index in [1.165, 1.54) is 0 Å². The Labute approximate surface area is 194 Å². The summed E-state index contributed by atoms with van der Waals surface area (Å²) in [5.74, 6) is 2.01. The Balaban J connectivity index is 1.33. The first-order chi connectivity index (χ1) is 15.5. The minimum absolute atomic E-state index is 0.160. The normalized spacial score (nSPS) is 10.7. The number of carbonyl (C=O) groups excluding carboxylic acids is 1. The number of amides is 1. The molecule has 0 saturated heterocycles. The van der Waals surface area contributed by atoms with Crippen LogP contribution < -0.4 is 14.8 Å². The van der Waals surface area contributed by atoms with Gasteiger partial charge in [0.15, 0.2) is 11.6 Å². The van der Waals surface area contributed by atoms with Crippen molar-refractivity contribution < 1.29 is 18.7 Å². The number of hydrogen-bond acceptors (Lipinski definition) is 5. The van der Waals surface area contributed by atoms with Crippen molar-refractivity contribution in [2.24, 2.45) is 0 Å². The Morgan fingerprint density at radius 3 is 2.72 bits per heavy atom. The Hall–Kier alpha value is -3.42. The van der Waals surface area contributed by atoms with Gasteiger partial charge in [0.1, 0.15) is 23.9 Å². The molecule has 0 bridgehead atoms. The third-order valence-corrected chi connectivity index (χ3v) is 5.26. The highest BCUT2D eigenvalue weighted by atomic mass is 35.5. The molecule has 0 saturated carbocycles. The van der Waals surface area contributed by atoms with Crippen molar-refractivity contribution in [1.29, 1.82) is 0 Å². The smallest absolute Gasteiger partial charge is 0.292 e. The van der Waals surface area contributed by atoms with Gasteiger partial charge in [-0.25, -0.2) is 0 Å². The summed E-state index contributed by atoms with van der Waals surface area (Å²) >= 11 is 12.0. The standard InChI is InChI=1S/C23H19Cl2N3O4/c1-30-16-3-2-4-17(12-16)31-14-18-6-8-21(32-18)23(29)26-22-9-10-28(27-22)13-15-5-7-19(24)20(25)11-15/h2-12H,13-14H2,1H3,(H,26,27,29). The van der Waals surface area contributed by atoms with Gasteiger partial charge in [-0.2, -0.15) is 5.10 Å². The van der Waals surface area contributed by atoms with Crippen molar-refractivity contribution in [3.63, 3.8) is 0 Å². The lowest BCUT2D eigenvalue weighted by atomic mass is 10.2. The number of anilines is 1. The van der Waals surface area contributed by atoms with Gasteiger partial charge in [-0.1, -0.05) is 35.3 Å². The van der Waals surface area contributed by atoms with Crippen LogP contribution in [0.3, 0.4) is 0 Å². The van der Waals surface area contributed by atoms with E-state index in [2.05, 4.69) is 10.4 Å². The molecule has 1 amide bonds. The second kappa shape index (κ2) is 9.80. The summed E-state index contributed by atoms with van der Waals surface area (Å²) in [6.45, 7) is 0.665. The fourth-order valence-corrected chi connectivity index (χ4v) is 3.26. The van der Waals surface area contributed by atoms with Gasteiger partial charge in [0.05, 0.1) is 23.7 Å². The minimum atomic E-state index is -0.405. The van der Waals surface area contributed by atoms with E-state index < -0.39 is 5.91 Å². The molecule has 32 heavy (non-hydrogen) atoms. The predicted molar refractivity (Wildman–Crippen MR) is 122 cm³/mol. The molecule has 0 fully saturated rings. The van der Waals surface area contributed by atoms with Crippen molar-refractivity contribution in [3.8, 4) is 11.5 Å². The maximum absolute atomic E-state index is 12.5. The van der Waals surface area contributed by atoms with Gasteiger partial charge in [-0.3, -0.25) is 9.48 Å². The van der Waals surface area contributed by atoms with E-state index in [0.717, 1.165) is 5.56 Å². The van der Waals surface area contributed by atoms with Crippen LogP contribution in [-0.2, 0) is 13.2 Å². The van der Waals surface area contributed by atoms with E-state index >= 15 is 0 Å². The first kappa shape index (κ1) is 21.8. The lowest BCUT2D eigenvalue weighted by molar-refractivity contribution is 0.0992. The summed E-state index contributed by atoms with van der Waals surface area (Å²) in [4.78, 5) is 12.5. The average Bonchev–Trinajstić information content (AvgIpc) is 3.45. The number of hydrogen-bond donors (Lipinski definition) is 1. The molecule has 2 aromatic carbocycles. The zero-order valence-electron chi connectivity index (χ0n) is 17.0. The Morgan fingerprint density at radius 2 is 1.91 bits per heavy atom. The average molecular weight is 472 g/mol. The summed E-state index contributed by atoms with van der Waals surface area (Å²) in [7, 11) is 1.59. The third-order valence-electron chi connectivity index (χ3n) is 4.52. The number of nitrogens with one attached hydrogen (secondary N) is 1. The van der Waals surface area contributed by atoms with Crippen LogP contribution in [0.2, 0.25) is 10.0 Å². The van der Waals surface area contributed by atoms with Crippen LogP contribution in [0.1, 0.15) is 21.9 Å². The van der Waals surface area contributed by atoms with Gasteiger partial charge >= 0.3 is 0 Å². The first-order valence-electron chi connectivity index (χ1n) is 9.64. The number of furan rings is 1. The molecule has 0 spiro atoms. The fourth-order valence-electron chi connectivity index (χ4n) is 2.94. The van der Waals surface area contributed by atoms with Crippen molar-refractivity contribution in [1.82, 2.24) is 9.78 Å². The number of ether oxygens (including phenoxy) is 2. The molecule has 0 radical (unpaired) electrons. The number of aromatic nitrogens is 2. The van der Waals surface area contributed by atoms with Crippen LogP contribution in [0.15, 0.2) is 71.3 Å². The highest BCUT2D eigenvalue weighted by Crippen LogP contribution is 2.23. The SMILES string of the molecule is COc1cccc(OCc2ccc(C(=O)Nc3ccn(Cc4ccc(Cl)c(Cl)c4)n3)o2)c1. The maximum atomic E-state index is 12.5. The molecule has 2 aromatic heterocycles. The summed E-state index contributed by atoms with van der Waals surface area (Å²) in [5, 5.41) is 8.05. The predicted octanol–water partition coefficient (Wildman–Crippen LogP) is 5.67. The quantitative estimate of drug-likeness (QED) is 0.358. The Bertz CT molecular complexity index is 1240. The summed E-state index contributed by atoms with van der Waals surface area (Å²) in [6.07, 6.45) is 1.76. The second-order valence-corrected chi connectivity index (χ2v) is 7.65. The van der Waals surface area contributed by atoms with Crippen molar-refractivity contribution in [3.05, 3.63) is 94.0 Å². The molecule has 164 valence electrons. The molecule has 0 atom stereocenters. The molecule has 2 heterocycles. The van der Waals surface area contributed by atoms with Gasteiger partial charge in [0, 0.05) is 18.3 Å². The highest BCUT2D eigenvalue weighted by molar-refractivity contribution is 6.42. The lowest BCUT2D eigenvalue weighted by Crippen LogP contribution is -2.12.